The van der Waals surface area contributed by atoms with E-state index in [1.807, 2.05) is 18.2 Å². The number of allylic oxidation sites excluding steroid dienone is 8. The van der Waals surface area contributed by atoms with Gasteiger partial charge in [-0.2, -0.15) is 0 Å². The molecule has 0 amide bonds. The molecule has 6 aliphatic rings. The SMILES string of the molecule is C/C(=C\C=C(/C)S(=O)(=O)c1ccc2c(c1)C1(c3ccccc3C3C=CC=CC31)C1C[C@H](C)CCC21)S(=O)(=O)c1ccc2c(c1)C1(c3ccccc3-c3ccccc31)c1cc(C)ccc1-2. The van der Waals surface area contributed by atoms with Crippen molar-refractivity contribution in [3.05, 3.63) is 224 Å². The monoisotopic (exact) mass is 874 g/mol. The van der Waals surface area contributed by atoms with Crippen molar-refractivity contribution in [3.8, 4) is 22.3 Å². The van der Waals surface area contributed by atoms with Crippen LogP contribution in [-0.2, 0) is 30.5 Å². The first kappa shape index (κ1) is 39.7. The van der Waals surface area contributed by atoms with Crippen LogP contribution in [-0.4, -0.2) is 16.8 Å². The van der Waals surface area contributed by atoms with Crippen LogP contribution in [0.15, 0.2) is 183 Å². The highest BCUT2D eigenvalue weighted by atomic mass is 32.2. The topological polar surface area (TPSA) is 68.3 Å². The quantitative estimate of drug-likeness (QED) is 0.162. The van der Waals surface area contributed by atoms with E-state index in [9.17, 15) is 16.8 Å². The number of rotatable bonds is 5. The highest BCUT2D eigenvalue weighted by molar-refractivity contribution is 7.95. The standard InChI is InChI=1S/C58H50O4S2/c1-35-21-27-45-47-29-25-39(33-55(47)57(53(45)31-35)49-17-9-5-13-41(49)42-14-6-10-18-50(42)57)63(59,60)37(3)23-24-38(4)64(61,62)40-26-30-48-46-28-22-36(2)32-54(46)58(56(48)34-40)51-19-11-7-15-43(51)44-16-8-12-20-52(44)58/h5-21,23-27,29-31,33-34,36,43,46,51,54H,22,28,32H2,1-4H3/b37-23+,38-24+/t36-,43?,46?,51?,54?,58?/m1/s1. The molecule has 0 aromatic heterocycles. The van der Waals surface area contributed by atoms with Gasteiger partial charge in [0.1, 0.15) is 0 Å². The molecule has 1 saturated carbocycles. The summed E-state index contributed by atoms with van der Waals surface area (Å²) >= 11 is 0. The normalized spacial score (nSPS) is 25.3. The Kier molecular flexibility index (Phi) is 8.60. The molecule has 2 spiro atoms. The molecule has 5 unspecified atom stereocenters. The van der Waals surface area contributed by atoms with Gasteiger partial charge in [0.25, 0.3) is 0 Å². The summed E-state index contributed by atoms with van der Waals surface area (Å²) in [6.07, 6.45) is 15.4. The molecular weight excluding hydrogens is 825 g/mol. The van der Waals surface area contributed by atoms with E-state index in [1.165, 1.54) is 35.3 Å². The smallest absolute Gasteiger partial charge is 0.202 e. The zero-order valence-electron chi connectivity index (χ0n) is 36.5. The van der Waals surface area contributed by atoms with Crippen molar-refractivity contribution in [3.63, 3.8) is 0 Å². The molecule has 6 atom stereocenters. The molecular formula is C58H50O4S2. The van der Waals surface area contributed by atoms with Crippen LogP contribution in [0.4, 0.5) is 0 Å². The lowest BCUT2D eigenvalue weighted by molar-refractivity contribution is 0.164. The molecule has 4 nitrogen and oxygen atoms in total. The molecule has 6 aromatic carbocycles. The minimum absolute atomic E-state index is 0.0754. The minimum atomic E-state index is -4.03. The van der Waals surface area contributed by atoms with E-state index in [2.05, 4.69) is 135 Å². The number of hydrogen-bond donors (Lipinski definition) is 0. The second-order valence-corrected chi connectivity index (χ2v) is 23.6. The predicted molar refractivity (Wildman–Crippen MR) is 257 cm³/mol. The number of hydrogen-bond acceptors (Lipinski definition) is 4. The summed E-state index contributed by atoms with van der Waals surface area (Å²) < 4.78 is 58.7. The van der Waals surface area contributed by atoms with Gasteiger partial charge in [0.05, 0.1) is 15.2 Å². The van der Waals surface area contributed by atoms with Crippen molar-refractivity contribution in [1.82, 2.24) is 0 Å². The molecule has 0 heterocycles. The molecule has 0 aliphatic heterocycles. The fraction of sp³-hybridized carbons (Fsp3) is 0.241. The molecule has 64 heavy (non-hydrogen) atoms. The van der Waals surface area contributed by atoms with Crippen LogP contribution in [0.2, 0.25) is 0 Å². The first-order chi connectivity index (χ1) is 30.9. The number of benzene rings is 6. The maximum Gasteiger partial charge on any atom is 0.202 e. The van der Waals surface area contributed by atoms with E-state index in [0.717, 1.165) is 68.5 Å². The Morgan fingerprint density at radius 3 is 1.80 bits per heavy atom. The molecule has 6 aromatic rings. The molecule has 0 radical (unpaired) electrons. The van der Waals surface area contributed by atoms with Gasteiger partial charge >= 0.3 is 0 Å². The summed E-state index contributed by atoms with van der Waals surface area (Å²) in [6, 6.07) is 43.7. The molecule has 0 saturated heterocycles. The second-order valence-electron chi connectivity index (χ2n) is 19.3. The third-order valence-electron chi connectivity index (χ3n) is 16.2. The Morgan fingerprint density at radius 1 is 0.562 bits per heavy atom. The lowest BCUT2D eigenvalue weighted by Crippen LogP contribution is -2.41. The van der Waals surface area contributed by atoms with Crippen LogP contribution in [0.25, 0.3) is 22.3 Å². The molecule has 6 heteroatoms. The highest BCUT2D eigenvalue weighted by Crippen LogP contribution is 2.70. The fourth-order valence-electron chi connectivity index (χ4n) is 13.5. The predicted octanol–water partition coefficient (Wildman–Crippen LogP) is 13.1. The van der Waals surface area contributed by atoms with Gasteiger partial charge < -0.3 is 0 Å². The molecule has 12 rings (SSSR count). The van der Waals surface area contributed by atoms with Crippen LogP contribution in [0.5, 0.6) is 0 Å². The Hall–Kier alpha value is -5.82. The van der Waals surface area contributed by atoms with E-state index < -0.39 is 25.1 Å². The van der Waals surface area contributed by atoms with Crippen molar-refractivity contribution in [2.24, 2.45) is 17.8 Å². The van der Waals surface area contributed by atoms with Crippen molar-refractivity contribution >= 4 is 19.7 Å². The van der Waals surface area contributed by atoms with Gasteiger partial charge in [-0.25, -0.2) is 16.8 Å². The third kappa shape index (κ3) is 5.10. The zero-order chi connectivity index (χ0) is 43.9. The van der Waals surface area contributed by atoms with Crippen molar-refractivity contribution in [2.75, 3.05) is 0 Å². The summed E-state index contributed by atoms with van der Waals surface area (Å²) in [7, 11) is -8.02. The largest absolute Gasteiger partial charge is 0.219 e. The molecule has 6 aliphatic carbocycles. The van der Waals surface area contributed by atoms with E-state index in [1.54, 1.807) is 26.0 Å². The lowest BCUT2D eigenvalue weighted by Gasteiger charge is -2.44. The van der Waals surface area contributed by atoms with Gasteiger partial charge in [0.2, 0.25) is 19.7 Å². The van der Waals surface area contributed by atoms with Crippen LogP contribution in [0, 0.1) is 24.7 Å². The van der Waals surface area contributed by atoms with E-state index >= 15 is 0 Å². The summed E-state index contributed by atoms with van der Waals surface area (Å²) in [5.41, 5.74) is 14.0. The maximum atomic E-state index is 14.7. The Labute approximate surface area is 377 Å². The summed E-state index contributed by atoms with van der Waals surface area (Å²) in [5, 5.41) is 0. The maximum absolute atomic E-state index is 14.7. The lowest BCUT2D eigenvalue weighted by atomic mass is 9.58. The van der Waals surface area contributed by atoms with Gasteiger partial charge in [-0.1, -0.05) is 146 Å². The molecule has 0 bridgehead atoms. The summed E-state index contributed by atoms with van der Waals surface area (Å²) in [6.45, 7) is 7.62. The van der Waals surface area contributed by atoms with Crippen molar-refractivity contribution < 1.29 is 16.8 Å². The molecule has 1 fully saturated rings. The number of sulfone groups is 2. The van der Waals surface area contributed by atoms with E-state index in [0.29, 0.717) is 17.8 Å². The fourth-order valence-corrected chi connectivity index (χ4v) is 15.8. The minimum Gasteiger partial charge on any atom is -0.219 e. The van der Waals surface area contributed by atoms with Gasteiger partial charge in [0.15, 0.2) is 0 Å². The average Bonchev–Trinajstić information content (AvgIpc) is 3.98. The summed E-state index contributed by atoms with van der Waals surface area (Å²) in [4.78, 5) is 0.614. The van der Waals surface area contributed by atoms with Crippen LogP contribution in [0.1, 0.15) is 102 Å². The van der Waals surface area contributed by atoms with Crippen molar-refractivity contribution in [1.29, 1.82) is 0 Å². The number of fused-ring (bicyclic) bond motifs is 20. The molecule has 318 valence electrons. The Bertz CT molecular complexity index is 3340. The number of aryl methyl sites for hydroxylation is 1. The average molecular weight is 875 g/mol. The first-order valence-electron chi connectivity index (χ1n) is 22.8. The van der Waals surface area contributed by atoms with Crippen LogP contribution >= 0.6 is 0 Å². The second kappa shape index (κ2) is 13.8. The van der Waals surface area contributed by atoms with Crippen LogP contribution < -0.4 is 0 Å². The van der Waals surface area contributed by atoms with Gasteiger partial charge in [-0.15, -0.1) is 0 Å². The van der Waals surface area contributed by atoms with E-state index in [4.69, 9.17) is 0 Å². The Balaban J connectivity index is 0.934. The molecule has 0 N–H and O–H groups in total. The Morgan fingerprint density at radius 2 is 1.11 bits per heavy atom. The van der Waals surface area contributed by atoms with Gasteiger partial charge in [-0.05, 0) is 155 Å². The van der Waals surface area contributed by atoms with E-state index in [-0.39, 0.29) is 36.9 Å². The van der Waals surface area contributed by atoms with Gasteiger partial charge in [-0.3, -0.25) is 0 Å². The zero-order valence-corrected chi connectivity index (χ0v) is 38.2. The van der Waals surface area contributed by atoms with Crippen LogP contribution in [0.3, 0.4) is 0 Å². The van der Waals surface area contributed by atoms with Gasteiger partial charge in [0, 0.05) is 27.1 Å². The first-order valence-corrected chi connectivity index (χ1v) is 25.8. The van der Waals surface area contributed by atoms with Crippen molar-refractivity contribution in [2.45, 2.75) is 79.4 Å². The third-order valence-corrected chi connectivity index (χ3v) is 19.9. The summed E-state index contributed by atoms with van der Waals surface area (Å²) in [5.74, 6) is 1.77. The highest BCUT2D eigenvalue weighted by Gasteiger charge is 2.63.